The van der Waals surface area contributed by atoms with E-state index in [2.05, 4.69) is 10.6 Å². The molecule has 1 aliphatic heterocycles. The topological polar surface area (TPSA) is 246 Å². The van der Waals surface area contributed by atoms with Crippen molar-refractivity contribution in [3.63, 3.8) is 0 Å². The van der Waals surface area contributed by atoms with Gasteiger partial charge in [0.25, 0.3) is 5.91 Å². The maximum atomic E-state index is 12.6. The van der Waals surface area contributed by atoms with Gasteiger partial charge in [-0.05, 0) is 13.3 Å². The molecule has 1 rings (SSSR count). The molecule has 0 aliphatic carbocycles. The lowest BCUT2D eigenvalue weighted by Gasteiger charge is -2.20. The number of aliphatic carboxylic acids is 1. The first-order valence-electron chi connectivity index (χ1n) is 10.9. The number of amides is 1. The van der Waals surface area contributed by atoms with E-state index >= 15 is 0 Å². The third kappa shape index (κ3) is 9.30. The number of nitriles is 1. The summed E-state index contributed by atoms with van der Waals surface area (Å²) in [6, 6.07) is 1.56. The molecule has 8 atom stereocenters. The summed E-state index contributed by atoms with van der Waals surface area (Å²) >= 11 is 0. The monoisotopic (exact) mass is 518 g/mol. The van der Waals surface area contributed by atoms with Crippen LogP contribution in [0.2, 0.25) is 0 Å². The van der Waals surface area contributed by atoms with Gasteiger partial charge in [-0.25, -0.2) is 4.79 Å². The summed E-state index contributed by atoms with van der Waals surface area (Å²) in [5.41, 5.74) is 11.4. The van der Waals surface area contributed by atoms with E-state index in [1.165, 1.54) is 7.05 Å². The van der Waals surface area contributed by atoms with Gasteiger partial charge in [-0.15, -0.1) is 0 Å². The molecule has 14 nitrogen and oxygen atoms in total. The minimum Gasteiger partial charge on any atom is -0.479 e. The third-order valence-corrected chi connectivity index (χ3v) is 5.95. The van der Waals surface area contributed by atoms with Crippen LogP contribution in [0, 0.1) is 16.7 Å². The van der Waals surface area contributed by atoms with E-state index in [-0.39, 0.29) is 29.6 Å². The second kappa shape index (κ2) is 14.9. The van der Waals surface area contributed by atoms with Crippen molar-refractivity contribution in [1.29, 1.82) is 10.7 Å². The van der Waals surface area contributed by atoms with Crippen LogP contribution < -0.4 is 22.1 Å². The SMILES string of the molecule is CCCC(=N)/C(N)=C(\NC)C(=O)NC1OC(COC(POC(C#N)CC(C)N)C(=O)O)C(O)C1O. The summed E-state index contributed by atoms with van der Waals surface area (Å²) in [4.78, 5) is 24.1. The van der Waals surface area contributed by atoms with E-state index < -0.39 is 63.8 Å². The standard InChI is InChI=1S/C20H35N6O8P/c1-4-5-11(23)13(24)14(25-3)17(29)26-18-16(28)15(27)12(33-18)8-32-20(19(30)31)35-34-10(7-21)6-9(2)22/h9-10,12,15-16,18,20,23,25,27-28,35H,4-6,8,22,24H2,1-3H3,(H,26,29)(H,30,31)/b14-13+,23-11?. The van der Waals surface area contributed by atoms with Crippen molar-refractivity contribution < 1.29 is 38.9 Å². The van der Waals surface area contributed by atoms with Crippen molar-refractivity contribution in [3.05, 3.63) is 11.4 Å². The first kappa shape index (κ1) is 30.7. The van der Waals surface area contributed by atoms with Gasteiger partial charge in [-0.1, -0.05) is 13.3 Å². The maximum Gasteiger partial charge on any atom is 0.339 e. The molecule has 0 aromatic heterocycles. The molecule has 0 aromatic rings. The van der Waals surface area contributed by atoms with Gasteiger partial charge in [0.2, 0.25) is 0 Å². The molecule has 15 heteroatoms. The first-order chi connectivity index (χ1) is 16.5. The molecule has 1 saturated heterocycles. The molecule has 0 saturated carbocycles. The van der Waals surface area contributed by atoms with Crippen molar-refractivity contribution in [2.75, 3.05) is 13.7 Å². The fourth-order valence-corrected chi connectivity index (χ4v) is 3.77. The number of carboxylic acids is 1. The molecule has 8 unspecified atom stereocenters. The highest BCUT2D eigenvalue weighted by atomic mass is 31.1. The Bertz CT molecular complexity index is 820. The van der Waals surface area contributed by atoms with Gasteiger partial charge in [0.1, 0.15) is 30.1 Å². The Balaban J connectivity index is 2.76. The normalized spacial score (nSPS) is 25.4. The zero-order valence-corrected chi connectivity index (χ0v) is 20.9. The van der Waals surface area contributed by atoms with Crippen molar-refractivity contribution in [2.45, 2.75) is 75.6 Å². The van der Waals surface area contributed by atoms with Crippen LogP contribution in [0.25, 0.3) is 0 Å². The summed E-state index contributed by atoms with van der Waals surface area (Å²) in [5.74, 6) is -3.57. The number of likely N-dealkylation sites (N-methyl/N-ethyl adjacent to an activating group) is 1. The molecule has 1 fully saturated rings. The molecule has 198 valence electrons. The van der Waals surface area contributed by atoms with Crippen LogP contribution in [-0.4, -0.2) is 89.1 Å². The fourth-order valence-electron chi connectivity index (χ4n) is 3.07. The Morgan fingerprint density at radius 1 is 1.34 bits per heavy atom. The molecule has 0 spiro atoms. The van der Waals surface area contributed by atoms with Gasteiger partial charge < -0.3 is 56.8 Å². The van der Waals surface area contributed by atoms with Crippen molar-refractivity contribution in [1.82, 2.24) is 10.6 Å². The number of nitrogens with two attached hydrogens (primary N) is 2. The lowest BCUT2D eigenvalue weighted by Crippen LogP contribution is -2.46. The van der Waals surface area contributed by atoms with Crippen LogP contribution in [0.15, 0.2) is 11.4 Å². The molecule has 1 heterocycles. The smallest absolute Gasteiger partial charge is 0.339 e. The van der Waals surface area contributed by atoms with E-state index in [4.69, 9.17) is 36.1 Å². The number of nitrogens with zero attached hydrogens (tertiary/aromatic N) is 1. The minimum atomic E-state index is -1.54. The average molecular weight is 519 g/mol. The zero-order chi connectivity index (χ0) is 26.7. The van der Waals surface area contributed by atoms with Crippen molar-refractivity contribution in [2.24, 2.45) is 11.5 Å². The Kier molecular flexibility index (Phi) is 13.1. The van der Waals surface area contributed by atoms with E-state index in [1.807, 2.05) is 13.0 Å². The summed E-state index contributed by atoms with van der Waals surface area (Å²) in [5, 5.41) is 51.9. The fraction of sp³-hybridized carbons (Fsp3) is 0.700. The van der Waals surface area contributed by atoms with Crippen LogP contribution in [0.1, 0.15) is 33.1 Å². The maximum absolute atomic E-state index is 12.6. The predicted molar refractivity (Wildman–Crippen MR) is 126 cm³/mol. The summed E-state index contributed by atoms with van der Waals surface area (Å²) < 4.78 is 16.1. The van der Waals surface area contributed by atoms with Crippen molar-refractivity contribution in [3.8, 4) is 6.07 Å². The van der Waals surface area contributed by atoms with E-state index in [0.29, 0.717) is 12.8 Å². The van der Waals surface area contributed by atoms with Crippen LogP contribution in [0.4, 0.5) is 0 Å². The predicted octanol–water partition coefficient (Wildman–Crippen LogP) is -1.57. The summed E-state index contributed by atoms with van der Waals surface area (Å²) in [7, 11) is 0.705. The number of aliphatic hydroxyl groups excluding tert-OH is 2. The molecule has 0 radical (unpaired) electrons. The van der Waals surface area contributed by atoms with Crippen LogP contribution in [0.3, 0.4) is 0 Å². The molecule has 35 heavy (non-hydrogen) atoms. The number of rotatable bonds is 15. The van der Waals surface area contributed by atoms with Crippen molar-refractivity contribution >= 4 is 26.4 Å². The second-order valence-corrected chi connectivity index (χ2v) is 8.93. The highest BCUT2D eigenvalue weighted by molar-refractivity contribution is 7.34. The third-order valence-electron chi connectivity index (χ3n) is 4.91. The highest BCUT2D eigenvalue weighted by Gasteiger charge is 2.44. The number of hydrogen-bond donors (Lipinski definition) is 8. The number of carbonyl (C=O) groups is 2. The Labute approximate surface area is 205 Å². The average Bonchev–Trinajstić information content (AvgIpc) is 3.05. The molecule has 10 N–H and O–H groups in total. The van der Waals surface area contributed by atoms with E-state index in [9.17, 15) is 24.9 Å². The van der Waals surface area contributed by atoms with Gasteiger partial charge in [-0.3, -0.25) is 4.79 Å². The van der Waals surface area contributed by atoms with Crippen LogP contribution >= 0.6 is 8.81 Å². The second-order valence-electron chi connectivity index (χ2n) is 7.94. The highest BCUT2D eigenvalue weighted by Crippen LogP contribution is 2.27. The number of carbonyl (C=O) groups excluding carboxylic acids is 1. The lowest BCUT2D eigenvalue weighted by molar-refractivity contribution is -0.148. The summed E-state index contributed by atoms with van der Waals surface area (Å²) in [6.45, 7) is 3.10. The van der Waals surface area contributed by atoms with Gasteiger partial charge in [-0.2, -0.15) is 5.26 Å². The Hall–Kier alpha value is -2.37. The number of hydrogen-bond acceptors (Lipinski definition) is 12. The summed E-state index contributed by atoms with van der Waals surface area (Å²) in [6.07, 6.45) is -5.24. The number of nitrogens with one attached hydrogen (secondary N) is 3. The number of ether oxygens (including phenoxy) is 2. The van der Waals surface area contributed by atoms with E-state index in [1.54, 1.807) is 6.92 Å². The van der Waals surface area contributed by atoms with Gasteiger partial charge in [0.05, 0.1) is 32.9 Å². The largest absolute Gasteiger partial charge is 0.479 e. The van der Waals surface area contributed by atoms with E-state index in [0.717, 1.165) is 0 Å². The molecular formula is C20H35N6O8P. The van der Waals surface area contributed by atoms with Gasteiger partial charge in [0.15, 0.2) is 12.1 Å². The molecule has 0 aromatic carbocycles. The Morgan fingerprint density at radius 2 is 2.00 bits per heavy atom. The Morgan fingerprint density at radius 3 is 2.51 bits per heavy atom. The first-order valence-corrected chi connectivity index (χ1v) is 11.9. The van der Waals surface area contributed by atoms with Gasteiger partial charge >= 0.3 is 5.97 Å². The number of aliphatic hydroxyl groups is 2. The molecule has 1 amide bonds. The van der Waals surface area contributed by atoms with Crippen LogP contribution in [0.5, 0.6) is 0 Å². The number of carboxylic acid groups (broad SMARTS) is 1. The molecular weight excluding hydrogens is 483 g/mol. The quantitative estimate of drug-likeness (QED) is 0.0695. The lowest BCUT2D eigenvalue weighted by atomic mass is 10.1. The molecule has 0 bridgehead atoms. The number of allylic oxidation sites excluding steroid dienone is 1. The minimum absolute atomic E-state index is 0.0634. The van der Waals surface area contributed by atoms with Crippen LogP contribution in [-0.2, 0) is 23.6 Å². The van der Waals surface area contributed by atoms with Gasteiger partial charge in [0, 0.05) is 19.5 Å². The zero-order valence-electron chi connectivity index (χ0n) is 19.9. The molecule has 1 aliphatic rings.